The third kappa shape index (κ3) is 3.33. The molecule has 3 atom stereocenters. The molecule has 1 aliphatic carbocycles. The number of hydrogen-bond donors (Lipinski definition) is 0. The highest BCUT2D eigenvalue weighted by molar-refractivity contribution is 5.97. The Balaban J connectivity index is 1.77. The Morgan fingerprint density at radius 1 is 1.24 bits per heavy atom. The summed E-state index contributed by atoms with van der Waals surface area (Å²) in [5.74, 6) is 0.922. The average molecular weight is 256 g/mol. The van der Waals surface area contributed by atoms with E-state index in [0.717, 1.165) is 23.0 Å². The van der Waals surface area contributed by atoms with Crippen molar-refractivity contribution in [3.8, 4) is 0 Å². The van der Waals surface area contributed by atoms with E-state index in [1.165, 1.54) is 44.9 Å². The first-order chi connectivity index (χ1) is 8.23. The quantitative estimate of drug-likeness (QED) is 0.515. The van der Waals surface area contributed by atoms with Gasteiger partial charge in [0.25, 0.3) is 0 Å². The van der Waals surface area contributed by atoms with E-state index in [2.05, 4.69) is 13.8 Å². The first-order valence-corrected chi connectivity index (χ1v) is 8.19. The molecule has 1 aliphatic heterocycles. The van der Waals surface area contributed by atoms with Crippen molar-refractivity contribution in [1.82, 2.24) is 0 Å². The summed E-state index contributed by atoms with van der Waals surface area (Å²) >= 11 is 0. The van der Waals surface area contributed by atoms with Crippen LogP contribution in [0.25, 0.3) is 0 Å². The average Bonchev–Trinajstić information content (AvgIpc) is 3.13. The minimum absolute atomic E-state index is 0.461. The van der Waals surface area contributed by atoms with Crippen molar-refractivity contribution in [2.24, 2.45) is 11.3 Å². The molecule has 1 heterocycles. The van der Waals surface area contributed by atoms with Gasteiger partial charge in [-0.2, -0.15) is 0 Å². The standard InChI is InChI=1S/C14H28O2Si/c1-3-14(4-2,10-15-17)8-7-11-5-6-12-13(9-11)16-12/h11-13H,3-10H2,1-2,17H3. The smallest absolute Gasteiger partial charge is 0.145 e. The minimum Gasteiger partial charge on any atom is -0.427 e. The lowest BCUT2D eigenvalue weighted by Gasteiger charge is -2.33. The van der Waals surface area contributed by atoms with Gasteiger partial charge in [-0.15, -0.1) is 0 Å². The van der Waals surface area contributed by atoms with Gasteiger partial charge >= 0.3 is 0 Å². The van der Waals surface area contributed by atoms with Gasteiger partial charge in [0, 0.05) is 6.61 Å². The summed E-state index contributed by atoms with van der Waals surface area (Å²) < 4.78 is 11.2. The number of ether oxygens (including phenoxy) is 1. The highest BCUT2D eigenvalue weighted by Crippen LogP contribution is 2.43. The molecular formula is C14H28O2Si. The zero-order chi connectivity index (χ0) is 12.3. The van der Waals surface area contributed by atoms with Crippen LogP contribution in [0.4, 0.5) is 0 Å². The third-order valence-electron chi connectivity index (χ3n) is 5.15. The summed E-state index contributed by atoms with van der Waals surface area (Å²) in [4.78, 5) is 0. The van der Waals surface area contributed by atoms with E-state index in [1.54, 1.807) is 0 Å². The topological polar surface area (TPSA) is 21.8 Å². The maximum atomic E-state index is 5.62. The van der Waals surface area contributed by atoms with Crippen molar-refractivity contribution in [3.05, 3.63) is 0 Å². The molecule has 3 heteroatoms. The first kappa shape index (κ1) is 13.6. The molecule has 2 aliphatic rings. The molecule has 2 rings (SSSR count). The Labute approximate surface area is 109 Å². The summed E-state index contributed by atoms with van der Waals surface area (Å²) in [7, 11) is 0.879. The molecule has 0 radical (unpaired) electrons. The zero-order valence-corrected chi connectivity index (χ0v) is 13.7. The molecule has 0 aromatic carbocycles. The summed E-state index contributed by atoms with van der Waals surface area (Å²) in [6.45, 7) is 5.64. The van der Waals surface area contributed by atoms with Gasteiger partial charge in [0.2, 0.25) is 0 Å². The summed E-state index contributed by atoms with van der Waals surface area (Å²) in [6, 6.07) is 0. The van der Waals surface area contributed by atoms with Crippen LogP contribution in [0.5, 0.6) is 0 Å². The predicted octanol–water partition coefficient (Wildman–Crippen LogP) is 2.44. The van der Waals surface area contributed by atoms with Crippen molar-refractivity contribution in [3.63, 3.8) is 0 Å². The van der Waals surface area contributed by atoms with Gasteiger partial charge in [-0.05, 0) is 56.3 Å². The molecule has 0 aromatic heterocycles. The SMILES string of the molecule is CCC(CC)(CCC1CCC2OC2C1)CO[SiH3]. The van der Waals surface area contributed by atoms with Crippen molar-refractivity contribution < 1.29 is 9.16 Å². The van der Waals surface area contributed by atoms with Gasteiger partial charge in [0.05, 0.1) is 12.2 Å². The summed E-state index contributed by atoms with van der Waals surface area (Å²) in [6.07, 6.45) is 10.6. The molecule has 0 N–H and O–H groups in total. The van der Waals surface area contributed by atoms with E-state index in [1.807, 2.05) is 0 Å². The fraction of sp³-hybridized carbons (Fsp3) is 1.00. The zero-order valence-electron chi connectivity index (χ0n) is 11.7. The largest absolute Gasteiger partial charge is 0.427 e. The molecule has 0 aromatic rings. The number of epoxide rings is 1. The molecule has 1 saturated carbocycles. The van der Waals surface area contributed by atoms with Crippen LogP contribution >= 0.6 is 0 Å². The van der Waals surface area contributed by atoms with Gasteiger partial charge in [0.1, 0.15) is 10.5 Å². The Hall–Kier alpha value is 0.137. The monoisotopic (exact) mass is 256 g/mol. The maximum Gasteiger partial charge on any atom is 0.145 e. The highest BCUT2D eigenvalue weighted by Gasteiger charge is 2.43. The van der Waals surface area contributed by atoms with E-state index in [0.29, 0.717) is 17.6 Å². The van der Waals surface area contributed by atoms with E-state index in [4.69, 9.17) is 9.16 Å². The molecule has 2 fully saturated rings. The minimum atomic E-state index is 0.461. The summed E-state index contributed by atoms with van der Waals surface area (Å²) in [5.41, 5.74) is 0.461. The van der Waals surface area contributed by atoms with Crippen LogP contribution in [0.3, 0.4) is 0 Å². The van der Waals surface area contributed by atoms with Crippen LogP contribution in [0.1, 0.15) is 58.8 Å². The van der Waals surface area contributed by atoms with Gasteiger partial charge in [0.15, 0.2) is 0 Å². The molecule has 100 valence electrons. The maximum absolute atomic E-state index is 5.62. The van der Waals surface area contributed by atoms with Gasteiger partial charge < -0.3 is 9.16 Å². The highest BCUT2D eigenvalue weighted by atomic mass is 28.2. The van der Waals surface area contributed by atoms with Crippen molar-refractivity contribution in [2.75, 3.05) is 6.61 Å². The lowest BCUT2D eigenvalue weighted by molar-refractivity contribution is 0.117. The summed E-state index contributed by atoms with van der Waals surface area (Å²) in [5, 5.41) is 0. The second kappa shape index (κ2) is 5.85. The van der Waals surface area contributed by atoms with E-state index in [9.17, 15) is 0 Å². The van der Waals surface area contributed by atoms with Gasteiger partial charge in [-0.1, -0.05) is 13.8 Å². The lowest BCUT2D eigenvalue weighted by Crippen LogP contribution is -2.27. The van der Waals surface area contributed by atoms with E-state index >= 15 is 0 Å². The van der Waals surface area contributed by atoms with E-state index in [-0.39, 0.29) is 0 Å². The molecule has 0 bridgehead atoms. The van der Waals surface area contributed by atoms with Gasteiger partial charge in [-0.3, -0.25) is 0 Å². The molecule has 0 spiro atoms. The van der Waals surface area contributed by atoms with Crippen LogP contribution in [-0.4, -0.2) is 29.3 Å². The van der Waals surface area contributed by atoms with Crippen LogP contribution in [0.2, 0.25) is 0 Å². The van der Waals surface area contributed by atoms with Crippen molar-refractivity contribution in [1.29, 1.82) is 0 Å². The Kier molecular flexibility index (Phi) is 4.67. The molecule has 3 unspecified atom stereocenters. The normalized spacial score (nSPS) is 32.5. The lowest BCUT2D eigenvalue weighted by atomic mass is 9.75. The fourth-order valence-electron chi connectivity index (χ4n) is 3.45. The number of fused-ring (bicyclic) bond motifs is 1. The molecule has 2 nitrogen and oxygen atoms in total. The molecular weight excluding hydrogens is 228 g/mol. The van der Waals surface area contributed by atoms with Crippen LogP contribution in [0, 0.1) is 11.3 Å². The van der Waals surface area contributed by atoms with Gasteiger partial charge in [-0.25, -0.2) is 0 Å². The fourth-order valence-corrected chi connectivity index (χ4v) is 4.06. The van der Waals surface area contributed by atoms with Crippen LogP contribution in [0.15, 0.2) is 0 Å². The number of hydrogen-bond acceptors (Lipinski definition) is 2. The Morgan fingerprint density at radius 2 is 2.00 bits per heavy atom. The van der Waals surface area contributed by atoms with E-state index < -0.39 is 0 Å². The van der Waals surface area contributed by atoms with Crippen LogP contribution in [-0.2, 0) is 9.16 Å². The first-order valence-electron chi connectivity index (χ1n) is 7.37. The second-order valence-corrected chi connectivity index (χ2v) is 6.65. The van der Waals surface area contributed by atoms with Crippen LogP contribution < -0.4 is 0 Å². The van der Waals surface area contributed by atoms with Crippen molar-refractivity contribution >= 4 is 10.5 Å². The molecule has 0 amide bonds. The predicted molar refractivity (Wildman–Crippen MR) is 74.1 cm³/mol. The van der Waals surface area contributed by atoms with Crippen molar-refractivity contribution in [2.45, 2.75) is 71.0 Å². The molecule has 17 heavy (non-hydrogen) atoms. The number of rotatable bonds is 7. The Morgan fingerprint density at radius 3 is 2.59 bits per heavy atom. The third-order valence-corrected chi connectivity index (χ3v) is 5.43. The Bertz CT molecular complexity index is 240. The molecule has 1 saturated heterocycles. The second-order valence-electron chi connectivity index (χ2n) is 6.07.